The lowest BCUT2D eigenvalue weighted by Gasteiger charge is -1.92. The SMILES string of the molecule is C=C/C(=N\C=C/C)OC. The molecule has 0 fully saturated rings. The molecule has 9 heavy (non-hydrogen) atoms. The van der Waals surface area contributed by atoms with Gasteiger partial charge in [-0.25, -0.2) is 4.99 Å². The van der Waals surface area contributed by atoms with Gasteiger partial charge in [-0.1, -0.05) is 12.7 Å². The highest BCUT2D eigenvalue weighted by molar-refractivity contribution is 5.87. The first-order valence-electron chi connectivity index (χ1n) is 2.70. The van der Waals surface area contributed by atoms with Crippen LogP contribution in [0.3, 0.4) is 0 Å². The predicted molar refractivity (Wildman–Crippen MR) is 39.5 cm³/mol. The second-order valence-electron chi connectivity index (χ2n) is 1.36. The third-order valence-corrected chi connectivity index (χ3v) is 0.735. The first kappa shape index (κ1) is 7.95. The lowest BCUT2D eigenvalue weighted by atomic mass is 10.6. The van der Waals surface area contributed by atoms with Gasteiger partial charge in [0.25, 0.3) is 0 Å². The summed E-state index contributed by atoms with van der Waals surface area (Å²) >= 11 is 0. The minimum atomic E-state index is 0.535. The van der Waals surface area contributed by atoms with E-state index in [1.807, 2.05) is 13.0 Å². The summed E-state index contributed by atoms with van der Waals surface area (Å²) in [6.07, 6.45) is 5.03. The molecule has 0 atom stereocenters. The number of ether oxygens (including phenoxy) is 1. The van der Waals surface area contributed by atoms with Crippen molar-refractivity contribution < 1.29 is 4.74 Å². The number of nitrogens with zero attached hydrogens (tertiary/aromatic N) is 1. The largest absolute Gasteiger partial charge is 0.481 e. The van der Waals surface area contributed by atoms with Crippen LogP contribution in [0.25, 0.3) is 0 Å². The fraction of sp³-hybridized carbons (Fsp3) is 0.286. The van der Waals surface area contributed by atoms with E-state index < -0.39 is 0 Å². The van der Waals surface area contributed by atoms with Gasteiger partial charge in [0, 0.05) is 6.20 Å². The highest BCUT2D eigenvalue weighted by Gasteiger charge is 1.82. The van der Waals surface area contributed by atoms with Gasteiger partial charge in [-0.15, -0.1) is 0 Å². The van der Waals surface area contributed by atoms with E-state index in [-0.39, 0.29) is 0 Å². The zero-order chi connectivity index (χ0) is 7.11. The fourth-order valence-corrected chi connectivity index (χ4v) is 0.337. The molecule has 0 aliphatic heterocycles. The van der Waals surface area contributed by atoms with E-state index in [0.29, 0.717) is 5.90 Å². The zero-order valence-corrected chi connectivity index (χ0v) is 5.79. The number of methoxy groups -OCH3 is 1. The molecule has 0 aliphatic carbocycles. The normalized spacial score (nSPS) is 12.0. The number of hydrogen-bond donors (Lipinski definition) is 0. The van der Waals surface area contributed by atoms with Crippen molar-refractivity contribution in [3.8, 4) is 0 Å². The van der Waals surface area contributed by atoms with Crippen molar-refractivity contribution >= 4 is 5.90 Å². The van der Waals surface area contributed by atoms with Crippen molar-refractivity contribution in [2.45, 2.75) is 6.92 Å². The summed E-state index contributed by atoms with van der Waals surface area (Å²) in [7, 11) is 1.56. The zero-order valence-electron chi connectivity index (χ0n) is 5.79. The van der Waals surface area contributed by atoms with Crippen LogP contribution in [0, 0.1) is 0 Å². The van der Waals surface area contributed by atoms with Gasteiger partial charge in [-0.05, 0) is 13.0 Å². The molecule has 0 rings (SSSR count). The van der Waals surface area contributed by atoms with E-state index in [1.165, 1.54) is 0 Å². The average molecular weight is 125 g/mol. The lowest BCUT2D eigenvalue weighted by molar-refractivity contribution is 0.407. The number of allylic oxidation sites excluding steroid dienone is 1. The molecule has 0 saturated heterocycles. The van der Waals surface area contributed by atoms with Crippen molar-refractivity contribution in [3.63, 3.8) is 0 Å². The first-order chi connectivity index (χ1) is 4.35. The lowest BCUT2D eigenvalue weighted by Crippen LogP contribution is -1.93. The average Bonchev–Trinajstić information content (AvgIpc) is 1.91. The molecule has 0 unspecified atom stereocenters. The number of hydrogen-bond acceptors (Lipinski definition) is 2. The van der Waals surface area contributed by atoms with E-state index in [1.54, 1.807) is 19.4 Å². The maximum atomic E-state index is 4.78. The molecule has 0 spiro atoms. The predicted octanol–water partition coefficient (Wildman–Crippen LogP) is 1.75. The van der Waals surface area contributed by atoms with Crippen molar-refractivity contribution in [2.24, 2.45) is 4.99 Å². The Balaban J connectivity index is 3.90. The molecule has 0 heterocycles. The van der Waals surface area contributed by atoms with Crippen molar-refractivity contribution in [1.29, 1.82) is 0 Å². The topological polar surface area (TPSA) is 21.6 Å². The van der Waals surface area contributed by atoms with Crippen LogP contribution in [-0.2, 0) is 4.74 Å². The molecule has 0 radical (unpaired) electrons. The molecule has 2 nitrogen and oxygen atoms in total. The number of rotatable bonds is 2. The maximum absolute atomic E-state index is 4.78. The molecule has 0 bridgehead atoms. The fourth-order valence-electron chi connectivity index (χ4n) is 0.337. The second-order valence-corrected chi connectivity index (χ2v) is 1.36. The van der Waals surface area contributed by atoms with Crippen molar-refractivity contribution in [1.82, 2.24) is 0 Å². The van der Waals surface area contributed by atoms with E-state index >= 15 is 0 Å². The van der Waals surface area contributed by atoms with Crippen molar-refractivity contribution in [3.05, 3.63) is 24.9 Å². The van der Waals surface area contributed by atoms with Gasteiger partial charge in [0.1, 0.15) is 0 Å². The Morgan fingerprint density at radius 2 is 2.33 bits per heavy atom. The molecule has 0 aliphatic rings. The van der Waals surface area contributed by atoms with E-state index in [9.17, 15) is 0 Å². The third kappa shape index (κ3) is 3.53. The molecule has 0 aromatic rings. The monoisotopic (exact) mass is 125 g/mol. The Morgan fingerprint density at radius 1 is 1.67 bits per heavy atom. The number of aliphatic imine (C=N–C) groups is 1. The van der Waals surface area contributed by atoms with E-state index in [0.717, 1.165) is 0 Å². The van der Waals surface area contributed by atoms with Crippen LogP contribution in [0.5, 0.6) is 0 Å². The van der Waals surface area contributed by atoms with Crippen LogP contribution in [-0.4, -0.2) is 13.0 Å². The van der Waals surface area contributed by atoms with Crippen LogP contribution in [0.2, 0.25) is 0 Å². The van der Waals surface area contributed by atoms with Gasteiger partial charge in [0.15, 0.2) is 0 Å². The Kier molecular flexibility index (Phi) is 4.50. The van der Waals surface area contributed by atoms with Gasteiger partial charge in [0.05, 0.1) is 7.11 Å². The van der Waals surface area contributed by atoms with E-state index in [2.05, 4.69) is 11.6 Å². The summed E-state index contributed by atoms with van der Waals surface area (Å²) in [4.78, 5) is 3.88. The molecule has 0 saturated carbocycles. The van der Waals surface area contributed by atoms with Gasteiger partial charge in [-0.2, -0.15) is 0 Å². The first-order valence-corrected chi connectivity index (χ1v) is 2.70. The Bertz CT molecular complexity index is 136. The maximum Gasteiger partial charge on any atom is 0.212 e. The molecule has 0 aromatic heterocycles. The molecular formula is C7H11NO. The molecule has 0 aromatic carbocycles. The van der Waals surface area contributed by atoms with Crippen LogP contribution in [0.15, 0.2) is 29.9 Å². The van der Waals surface area contributed by atoms with Gasteiger partial charge < -0.3 is 4.74 Å². The molecule has 0 N–H and O–H groups in total. The van der Waals surface area contributed by atoms with Crippen LogP contribution >= 0.6 is 0 Å². The Hall–Kier alpha value is -1.05. The molecule has 2 heteroatoms. The standard InChI is InChI=1S/C7H11NO/c1-4-6-8-7(5-2)9-3/h4-6H,2H2,1,3H3/b6-4-,8-7+. The van der Waals surface area contributed by atoms with Gasteiger partial charge in [-0.3, -0.25) is 0 Å². The van der Waals surface area contributed by atoms with Crippen LogP contribution < -0.4 is 0 Å². The Morgan fingerprint density at radius 3 is 2.67 bits per heavy atom. The van der Waals surface area contributed by atoms with Gasteiger partial charge in [0.2, 0.25) is 5.90 Å². The quantitative estimate of drug-likeness (QED) is 0.407. The summed E-state index contributed by atoms with van der Waals surface area (Å²) in [5, 5.41) is 0. The highest BCUT2D eigenvalue weighted by atomic mass is 16.5. The smallest absolute Gasteiger partial charge is 0.212 e. The summed E-state index contributed by atoms with van der Waals surface area (Å²) < 4.78 is 4.78. The second kappa shape index (κ2) is 5.09. The summed E-state index contributed by atoms with van der Waals surface area (Å²) in [5.41, 5.74) is 0. The van der Waals surface area contributed by atoms with Gasteiger partial charge >= 0.3 is 0 Å². The highest BCUT2D eigenvalue weighted by Crippen LogP contribution is 1.82. The summed E-state index contributed by atoms with van der Waals surface area (Å²) in [6, 6.07) is 0. The van der Waals surface area contributed by atoms with Crippen LogP contribution in [0.1, 0.15) is 6.92 Å². The minimum absolute atomic E-state index is 0.535. The van der Waals surface area contributed by atoms with Crippen molar-refractivity contribution in [2.75, 3.05) is 7.11 Å². The minimum Gasteiger partial charge on any atom is -0.481 e. The summed E-state index contributed by atoms with van der Waals surface area (Å²) in [6.45, 7) is 5.38. The van der Waals surface area contributed by atoms with E-state index in [4.69, 9.17) is 4.74 Å². The third-order valence-electron chi connectivity index (χ3n) is 0.735. The molecule has 0 amide bonds. The molecular weight excluding hydrogens is 114 g/mol. The Labute approximate surface area is 55.6 Å². The molecule has 50 valence electrons. The van der Waals surface area contributed by atoms with Crippen LogP contribution in [0.4, 0.5) is 0 Å². The summed E-state index contributed by atoms with van der Waals surface area (Å²) in [5.74, 6) is 0.535.